The quantitative estimate of drug-likeness (QED) is 0.826. The van der Waals surface area contributed by atoms with Crippen molar-refractivity contribution in [1.29, 1.82) is 0 Å². The summed E-state index contributed by atoms with van der Waals surface area (Å²) in [5.41, 5.74) is -0.567. The highest BCUT2D eigenvalue weighted by Gasteiger charge is 2.15. The standard InChI is InChI=1S/C12H17F2N3O2/c1-12(2,3)19-11(18)16-5-4-15-10-9(14)6-8(13)7-17-10/h6-7H,4-5H2,1-3H3,(H,15,17)(H,16,18). The van der Waals surface area contributed by atoms with E-state index in [2.05, 4.69) is 15.6 Å². The minimum absolute atomic E-state index is 0.0626. The molecule has 1 aromatic rings. The molecule has 106 valence electrons. The van der Waals surface area contributed by atoms with Gasteiger partial charge >= 0.3 is 6.09 Å². The predicted octanol–water partition coefficient (Wildman–Crippen LogP) is 2.30. The zero-order valence-electron chi connectivity index (χ0n) is 11.1. The molecule has 19 heavy (non-hydrogen) atoms. The maximum atomic E-state index is 13.2. The number of hydrogen-bond donors (Lipinski definition) is 2. The molecule has 0 spiro atoms. The minimum Gasteiger partial charge on any atom is -0.444 e. The van der Waals surface area contributed by atoms with Crippen molar-refractivity contribution in [2.24, 2.45) is 0 Å². The molecule has 1 heterocycles. The van der Waals surface area contributed by atoms with Gasteiger partial charge in [0.1, 0.15) is 11.4 Å². The van der Waals surface area contributed by atoms with Gasteiger partial charge in [-0.25, -0.2) is 18.6 Å². The Morgan fingerprint density at radius 2 is 2.05 bits per heavy atom. The van der Waals surface area contributed by atoms with Crippen LogP contribution in [-0.2, 0) is 4.74 Å². The molecular weight excluding hydrogens is 256 g/mol. The highest BCUT2D eigenvalue weighted by molar-refractivity contribution is 5.67. The molecule has 2 N–H and O–H groups in total. The van der Waals surface area contributed by atoms with Crippen LogP contribution in [0.4, 0.5) is 19.4 Å². The molecule has 1 amide bonds. The fourth-order valence-electron chi connectivity index (χ4n) is 1.20. The van der Waals surface area contributed by atoms with Gasteiger partial charge < -0.3 is 15.4 Å². The molecule has 0 radical (unpaired) electrons. The van der Waals surface area contributed by atoms with E-state index in [9.17, 15) is 13.6 Å². The number of rotatable bonds is 4. The van der Waals surface area contributed by atoms with Crippen molar-refractivity contribution in [3.05, 3.63) is 23.9 Å². The first-order chi connectivity index (χ1) is 8.78. The second-order valence-corrected chi connectivity index (χ2v) is 4.84. The van der Waals surface area contributed by atoms with Gasteiger partial charge in [-0.15, -0.1) is 0 Å². The first-order valence-electron chi connectivity index (χ1n) is 5.80. The molecular formula is C12H17F2N3O2. The fraction of sp³-hybridized carbons (Fsp3) is 0.500. The highest BCUT2D eigenvalue weighted by atomic mass is 19.1. The molecule has 7 heteroatoms. The molecule has 5 nitrogen and oxygen atoms in total. The molecule has 0 unspecified atom stereocenters. The number of amides is 1. The second kappa shape index (κ2) is 6.31. The first kappa shape index (κ1) is 15.1. The van der Waals surface area contributed by atoms with Crippen LogP contribution >= 0.6 is 0 Å². The number of alkyl carbamates (subject to hydrolysis) is 1. The number of pyridine rings is 1. The average molecular weight is 273 g/mol. The van der Waals surface area contributed by atoms with Crippen molar-refractivity contribution >= 4 is 11.9 Å². The van der Waals surface area contributed by atoms with Crippen LogP contribution in [0.5, 0.6) is 0 Å². The lowest BCUT2D eigenvalue weighted by molar-refractivity contribution is 0.0530. The third-order valence-corrected chi connectivity index (χ3v) is 1.89. The zero-order chi connectivity index (χ0) is 14.5. The molecule has 1 rings (SSSR count). The summed E-state index contributed by atoms with van der Waals surface area (Å²) in [5, 5.41) is 5.13. The molecule has 0 atom stereocenters. The molecule has 1 aromatic heterocycles. The van der Waals surface area contributed by atoms with Crippen LogP contribution in [0.3, 0.4) is 0 Å². The van der Waals surface area contributed by atoms with Gasteiger partial charge in [0.25, 0.3) is 0 Å². The Bertz CT molecular complexity index is 447. The van der Waals surface area contributed by atoms with Gasteiger partial charge in [0.15, 0.2) is 11.6 Å². The normalized spacial score (nSPS) is 11.0. The zero-order valence-corrected chi connectivity index (χ0v) is 11.1. The summed E-state index contributed by atoms with van der Waals surface area (Å²) in [6.45, 7) is 5.73. The maximum absolute atomic E-state index is 13.2. The van der Waals surface area contributed by atoms with Gasteiger partial charge in [-0.3, -0.25) is 0 Å². The van der Waals surface area contributed by atoms with Crippen molar-refractivity contribution in [1.82, 2.24) is 10.3 Å². The number of anilines is 1. The van der Waals surface area contributed by atoms with E-state index in [1.807, 2.05) is 0 Å². The Balaban J connectivity index is 2.29. The largest absolute Gasteiger partial charge is 0.444 e. The van der Waals surface area contributed by atoms with Crippen LogP contribution in [0, 0.1) is 11.6 Å². The van der Waals surface area contributed by atoms with E-state index in [0.29, 0.717) is 0 Å². The number of halogens is 2. The third kappa shape index (κ3) is 5.98. The Morgan fingerprint density at radius 1 is 1.37 bits per heavy atom. The van der Waals surface area contributed by atoms with Gasteiger partial charge in [0.2, 0.25) is 0 Å². The van der Waals surface area contributed by atoms with Crippen LogP contribution in [0.2, 0.25) is 0 Å². The first-order valence-corrected chi connectivity index (χ1v) is 5.80. The van der Waals surface area contributed by atoms with E-state index in [1.165, 1.54) is 0 Å². The molecule has 0 aliphatic carbocycles. The molecule has 0 aliphatic heterocycles. The number of carbonyl (C=O) groups excluding carboxylic acids is 1. The summed E-state index contributed by atoms with van der Waals surface area (Å²) >= 11 is 0. The summed E-state index contributed by atoms with van der Waals surface area (Å²) in [6.07, 6.45) is 0.356. The fourth-order valence-corrected chi connectivity index (χ4v) is 1.20. The number of nitrogens with zero attached hydrogens (tertiary/aromatic N) is 1. The minimum atomic E-state index is -0.780. The van der Waals surface area contributed by atoms with Crippen molar-refractivity contribution in [2.75, 3.05) is 18.4 Å². The lowest BCUT2D eigenvalue weighted by Gasteiger charge is -2.19. The van der Waals surface area contributed by atoms with Crippen LogP contribution in [0.1, 0.15) is 20.8 Å². The van der Waals surface area contributed by atoms with E-state index in [0.717, 1.165) is 12.3 Å². The topological polar surface area (TPSA) is 63.2 Å². The van der Waals surface area contributed by atoms with Crippen LogP contribution < -0.4 is 10.6 Å². The Morgan fingerprint density at radius 3 is 2.63 bits per heavy atom. The van der Waals surface area contributed by atoms with E-state index >= 15 is 0 Å². The summed E-state index contributed by atoms with van der Waals surface area (Å²) in [6, 6.07) is 0.733. The van der Waals surface area contributed by atoms with E-state index < -0.39 is 23.3 Å². The number of nitrogens with one attached hydrogen (secondary N) is 2. The van der Waals surface area contributed by atoms with Crippen LogP contribution in [0.15, 0.2) is 12.3 Å². The molecule has 0 saturated carbocycles. The molecule has 0 bridgehead atoms. The monoisotopic (exact) mass is 273 g/mol. The molecule has 0 saturated heterocycles. The highest BCUT2D eigenvalue weighted by Crippen LogP contribution is 2.10. The van der Waals surface area contributed by atoms with Gasteiger partial charge in [0.05, 0.1) is 6.20 Å². The summed E-state index contributed by atoms with van der Waals surface area (Å²) in [5.74, 6) is -1.58. The smallest absolute Gasteiger partial charge is 0.407 e. The number of hydrogen-bond acceptors (Lipinski definition) is 4. The summed E-state index contributed by atoms with van der Waals surface area (Å²) in [4.78, 5) is 14.8. The lowest BCUT2D eigenvalue weighted by atomic mass is 10.2. The van der Waals surface area contributed by atoms with Gasteiger partial charge in [0, 0.05) is 19.2 Å². The Hall–Kier alpha value is -1.92. The van der Waals surface area contributed by atoms with Gasteiger partial charge in [-0.05, 0) is 20.8 Å². The van der Waals surface area contributed by atoms with Crippen LogP contribution in [-0.4, -0.2) is 29.8 Å². The Kier molecular flexibility index (Phi) is 5.02. The summed E-state index contributed by atoms with van der Waals surface area (Å²) in [7, 11) is 0. The Labute approximate surface area is 110 Å². The van der Waals surface area contributed by atoms with E-state index in [1.54, 1.807) is 20.8 Å². The molecule has 0 aliphatic rings. The molecule has 0 fully saturated rings. The predicted molar refractivity (Wildman–Crippen MR) is 66.9 cm³/mol. The van der Waals surface area contributed by atoms with Crippen molar-refractivity contribution in [2.45, 2.75) is 26.4 Å². The van der Waals surface area contributed by atoms with Gasteiger partial charge in [-0.2, -0.15) is 0 Å². The SMILES string of the molecule is CC(C)(C)OC(=O)NCCNc1ncc(F)cc1F. The average Bonchev–Trinajstić information content (AvgIpc) is 2.24. The maximum Gasteiger partial charge on any atom is 0.407 e. The third-order valence-electron chi connectivity index (χ3n) is 1.89. The van der Waals surface area contributed by atoms with Crippen LogP contribution in [0.25, 0.3) is 0 Å². The number of aromatic nitrogens is 1. The number of ether oxygens (including phenoxy) is 1. The van der Waals surface area contributed by atoms with E-state index in [-0.39, 0.29) is 18.9 Å². The van der Waals surface area contributed by atoms with Crippen molar-refractivity contribution in [3.63, 3.8) is 0 Å². The molecule has 0 aromatic carbocycles. The van der Waals surface area contributed by atoms with Gasteiger partial charge in [-0.1, -0.05) is 0 Å². The van der Waals surface area contributed by atoms with Crippen molar-refractivity contribution in [3.8, 4) is 0 Å². The lowest BCUT2D eigenvalue weighted by Crippen LogP contribution is -2.35. The van der Waals surface area contributed by atoms with E-state index in [4.69, 9.17) is 4.74 Å². The van der Waals surface area contributed by atoms with Crippen molar-refractivity contribution < 1.29 is 18.3 Å². The summed E-state index contributed by atoms with van der Waals surface area (Å²) < 4.78 is 30.8. The second-order valence-electron chi connectivity index (χ2n) is 4.84. The number of carbonyl (C=O) groups is 1.